The number of unbranched alkanes of at least 4 members (excludes halogenated alkanes) is 2. The van der Waals surface area contributed by atoms with E-state index in [4.69, 9.17) is 0 Å². The van der Waals surface area contributed by atoms with Gasteiger partial charge in [-0.1, -0.05) is 51.8 Å². The van der Waals surface area contributed by atoms with Crippen molar-refractivity contribution in [2.45, 2.75) is 77.7 Å². The fourth-order valence-electron chi connectivity index (χ4n) is 5.38. The lowest BCUT2D eigenvalue weighted by molar-refractivity contribution is -0.723. The minimum Gasteiger partial charge on any atom is -0.207 e. The minimum atomic E-state index is -0.0764. The molecule has 0 N–H and O–H groups in total. The van der Waals surface area contributed by atoms with Gasteiger partial charge < -0.3 is 0 Å². The van der Waals surface area contributed by atoms with Crippen molar-refractivity contribution in [3.05, 3.63) is 65.6 Å². The number of hydrogen-bond donors (Lipinski definition) is 0. The summed E-state index contributed by atoms with van der Waals surface area (Å²) in [4.78, 5) is 0. The summed E-state index contributed by atoms with van der Waals surface area (Å²) in [5, 5.41) is 2.51. The standard InChI is InChI=1S/C27H33FN/c1-5-8-9-13-20-17-22-23(18-24(20)28)27(4,7-3)25(6-2)29-16-15-19-12-10-11-14-21(19)26(22)29/h10-12,14-18,25H,5-9,13H2,1-4H3/q+1. The summed E-state index contributed by atoms with van der Waals surface area (Å²) >= 11 is 0. The van der Waals surface area contributed by atoms with E-state index < -0.39 is 0 Å². The van der Waals surface area contributed by atoms with Crippen LogP contribution in [0.15, 0.2) is 48.7 Å². The van der Waals surface area contributed by atoms with Gasteiger partial charge >= 0.3 is 0 Å². The molecule has 29 heavy (non-hydrogen) atoms. The molecule has 1 aliphatic heterocycles. The Kier molecular flexibility index (Phi) is 5.46. The van der Waals surface area contributed by atoms with E-state index in [1.54, 1.807) is 0 Å². The largest absolute Gasteiger partial charge is 0.220 e. The molecule has 0 saturated carbocycles. The maximum Gasteiger partial charge on any atom is 0.220 e. The second-order valence-electron chi connectivity index (χ2n) is 8.80. The van der Waals surface area contributed by atoms with Crippen molar-refractivity contribution in [1.29, 1.82) is 0 Å². The van der Waals surface area contributed by atoms with E-state index in [2.05, 4.69) is 74.9 Å². The van der Waals surface area contributed by atoms with Crippen LogP contribution in [0.2, 0.25) is 0 Å². The van der Waals surface area contributed by atoms with Gasteiger partial charge in [0.15, 0.2) is 12.2 Å². The van der Waals surface area contributed by atoms with Gasteiger partial charge in [-0.15, -0.1) is 0 Å². The molecule has 152 valence electrons. The van der Waals surface area contributed by atoms with Gasteiger partial charge in [-0.05, 0) is 60.9 Å². The number of pyridine rings is 1. The highest BCUT2D eigenvalue weighted by molar-refractivity contribution is 5.94. The third-order valence-electron chi connectivity index (χ3n) is 7.19. The predicted molar refractivity (Wildman–Crippen MR) is 120 cm³/mol. The van der Waals surface area contributed by atoms with E-state index >= 15 is 4.39 Å². The SMILES string of the molecule is CCCCCc1cc2c(cc1F)C(C)(CC)C(CC)[n+]1ccc3ccccc3c1-2. The second-order valence-corrected chi connectivity index (χ2v) is 8.80. The van der Waals surface area contributed by atoms with Gasteiger partial charge in [-0.25, -0.2) is 4.39 Å². The van der Waals surface area contributed by atoms with Gasteiger partial charge in [0.25, 0.3) is 0 Å². The zero-order valence-electron chi connectivity index (χ0n) is 18.3. The molecule has 1 aliphatic rings. The van der Waals surface area contributed by atoms with Crippen molar-refractivity contribution >= 4 is 10.8 Å². The molecule has 0 spiro atoms. The van der Waals surface area contributed by atoms with Crippen molar-refractivity contribution in [2.75, 3.05) is 0 Å². The third-order valence-corrected chi connectivity index (χ3v) is 7.19. The molecule has 4 rings (SSSR count). The van der Waals surface area contributed by atoms with E-state index in [9.17, 15) is 0 Å². The first-order chi connectivity index (χ1) is 14.0. The summed E-state index contributed by atoms with van der Waals surface area (Å²) < 4.78 is 17.7. The van der Waals surface area contributed by atoms with Gasteiger partial charge in [-0.2, -0.15) is 4.57 Å². The molecule has 0 aliphatic carbocycles. The fourth-order valence-corrected chi connectivity index (χ4v) is 5.38. The molecule has 1 nitrogen and oxygen atoms in total. The minimum absolute atomic E-state index is 0.0249. The summed E-state index contributed by atoms with van der Waals surface area (Å²) in [5.41, 5.74) is 4.45. The highest BCUT2D eigenvalue weighted by atomic mass is 19.1. The van der Waals surface area contributed by atoms with Crippen molar-refractivity contribution in [1.82, 2.24) is 0 Å². The summed E-state index contributed by atoms with van der Waals surface area (Å²) in [6.07, 6.45) is 8.44. The van der Waals surface area contributed by atoms with Crippen molar-refractivity contribution in [2.24, 2.45) is 0 Å². The molecular weight excluding hydrogens is 357 g/mol. The first kappa shape index (κ1) is 20.1. The quantitative estimate of drug-likeness (QED) is 0.307. The van der Waals surface area contributed by atoms with E-state index in [0.717, 1.165) is 44.1 Å². The fraction of sp³-hybridized carbons (Fsp3) is 0.444. The number of benzene rings is 2. The van der Waals surface area contributed by atoms with Crippen molar-refractivity contribution < 1.29 is 8.96 Å². The average Bonchev–Trinajstić information content (AvgIpc) is 2.74. The lowest BCUT2D eigenvalue weighted by Crippen LogP contribution is -2.54. The van der Waals surface area contributed by atoms with Crippen LogP contribution in [0.4, 0.5) is 4.39 Å². The van der Waals surface area contributed by atoms with Gasteiger partial charge in [-0.3, -0.25) is 0 Å². The molecule has 0 saturated heterocycles. The first-order valence-electron chi connectivity index (χ1n) is 11.3. The van der Waals surface area contributed by atoms with Crippen LogP contribution < -0.4 is 4.57 Å². The normalized spacial score (nSPS) is 20.5. The molecule has 2 atom stereocenters. The molecule has 2 unspecified atom stereocenters. The van der Waals surface area contributed by atoms with Crippen molar-refractivity contribution in [3.8, 4) is 11.3 Å². The van der Waals surface area contributed by atoms with Gasteiger partial charge in [0, 0.05) is 12.5 Å². The second kappa shape index (κ2) is 7.89. The summed E-state index contributed by atoms with van der Waals surface area (Å²) in [7, 11) is 0. The zero-order chi connectivity index (χ0) is 20.6. The van der Waals surface area contributed by atoms with Crippen LogP contribution >= 0.6 is 0 Å². The molecule has 2 heterocycles. The Morgan fingerprint density at radius 1 is 1.03 bits per heavy atom. The average molecular weight is 391 g/mol. The number of aromatic nitrogens is 1. The van der Waals surface area contributed by atoms with Crippen LogP contribution in [0.3, 0.4) is 0 Å². The molecule has 0 amide bonds. The number of halogens is 1. The predicted octanol–water partition coefficient (Wildman–Crippen LogP) is 7.30. The Hall–Kier alpha value is -2.22. The molecule has 0 bridgehead atoms. The summed E-state index contributed by atoms with van der Waals surface area (Å²) in [6.45, 7) is 9.01. The zero-order valence-corrected chi connectivity index (χ0v) is 18.3. The maximum absolute atomic E-state index is 15.2. The maximum atomic E-state index is 15.2. The Balaban J connectivity index is 2.02. The highest BCUT2D eigenvalue weighted by Crippen LogP contribution is 2.48. The Morgan fingerprint density at radius 3 is 2.55 bits per heavy atom. The summed E-state index contributed by atoms with van der Waals surface area (Å²) in [5.74, 6) is -0.0249. The lowest BCUT2D eigenvalue weighted by Gasteiger charge is -2.39. The Morgan fingerprint density at radius 2 is 1.83 bits per heavy atom. The molecule has 2 aromatic carbocycles. The lowest BCUT2D eigenvalue weighted by atomic mass is 9.67. The van der Waals surface area contributed by atoms with Gasteiger partial charge in [0.1, 0.15) is 5.82 Å². The van der Waals surface area contributed by atoms with Crippen LogP contribution in [0.1, 0.15) is 77.0 Å². The Bertz CT molecular complexity index is 1040. The van der Waals surface area contributed by atoms with Crippen LogP contribution in [0.25, 0.3) is 22.0 Å². The van der Waals surface area contributed by atoms with Crippen LogP contribution in [0.5, 0.6) is 0 Å². The summed E-state index contributed by atoms with van der Waals surface area (Å²) in [6, 6.07) is 15.2. The number of nitrogens with zero attached hydrogens (tertiary/aromatic N) is 1. The Labute approximate surface area is 174 Å². The molecule has 2 heteroatoms. The number of rotatable bonds is 6. The van der Waals surface area contributed by atoms with E-state index in [-0.39, 0.29) is 11.2 Å². The molecule has 3 aromatic rings. The molecule has 0 fully saturated rings. The molecule has 1 aromatic heterocycles. The first-order valence-corrected chi connectivity index (χ1v) is 11.3. The molecule has 0 radical (unpaired) electrons. The van der Waals surface area contributed by atoms with E-state index in [0.29, 0.717) is 6.04 Å². The van der Waals surface area contributed by atoms with Crippen LogP contribution in [-0.4, -0.2) is 0 Å². The number of aryl methyl sites for hydroxylation is 1. The smallest absolute Gasteiger partial charge is 0.207 e. The topological polar surface area (TPSA) is 3.88 Å². The monoisotopic (exact) mass is 390 g/mol. The van der Waals surface area contributed by atoms with Gasteiger partial charge in [0.05, 0.1) is 16.4 Å². The van der Waals surface area contributed by atoms with Crippen LogP contribution in [0, 0.1) is 5.82 Å². The molecular formula is C27H33FN+. The van der Waals surface area contributed by atoms with Crippen LogP contribution in [-0.2, 0) is 11.8 Å². The van der Waals surface area contributed by atoms with Crippen molar-refractivity contribution in [3.63, 3.8) is 0 Å². The van der Waals surface area contributed by atoms with E-state index in [1.807, 2.05) is 6.07 Å². The van der Waals surface area contributed by atoms with E-state index in [1.165, 1.54) is 27.6 Å². The number of fused-ring (bicyclic) bond motifs is 5. The highest BCUT2D eigenvalue weighted by Gasteiger charge is 2.48. The number of hydrogen-bond acceptors (Lipinski definition) is 0. The van der Waals surface area contributed by atoms with Gasteiger partial charge in [0.2, 0.25) is 5.69 Å². The third kappa shape index (κ3) is 3.17.